The Morgan fingerprint density at radius 3 is 2.62 bits per heavy atom. The number of terminal acetylenes is 1. The zero-order chi connectivity index (χ0) is 10.3. The van der Waals surface area contributed by atoms with E-state index in [1.54, 1.807) is 7.05 Å². The van der Waals surface area contributed by atoms with Crippen LogP contribution in [0.15, 0.2) is 0 Å². The Hall–Kier alpha value is -0.570. The number of nitrogens with zero attached hydrogens (tertiary/aromatic N) is 1. The quantitative estimate of drug-likeness (QED) is 0.468. The largest absolute Gasteiger partial charge is 0.320 e. The Morgan fingerprint density at radius 1 is 1.54 bits per heavy atom. The molecule has 0 atom stereocenters. The van der Waals surface area contributed by atoms with Crippen LogP contribution in [0.3, 0.4) is 0 Å². The highest BCUT2D eigenvalue weighted by Crippen LogP contribution is 1.98. The summed E-state index contributed by atoms with van der Waals surface area (Å²) in [5, 5.41) is 2.89. The number of hydrogen-bond acceptors (Lipinski definition) is 3. The molecule has 1 N–H and O–H groups in total. The lowest BCUT2D eigenvalue weighted by Crippen LogP contribution is -2.30. The van der Waals surface area contributed by atoms with Crippen molar-refractivity contribution < 1.29 is 8.42 Å². The Morgan fingerprint density at radius 2 is 2.15 bits per heavy atom. The van der Waals surface area contributed by atoms with E-state index in [-0.39, 0.29) is 12.3 Å². The van der Waals surface area contributed by atoms with Crippen molar-refractivity contribution in [3.05, 3.63) is 0 Å². The average molecular weight is 204 g/mol. The molecule has 0 heterocycles. The Bertz CT molecular complexity index is 266. The van der Waals surface area contributed by atoms with Crippen molar-refractivity contribution in [3.8, 4) is 12.3 Å². The maximum absolute atomic E-state index is 11.4. The third-order valence-electron chi connectivity index (χ3n) is 1.62. The van der Waals surface area contributed by atoms with Crippen LogP contribution in [0.5, 0.6) is 0 Å². The van der Waals surface area contributed by atoms with Gasteiger partial charge in [-0.15, -0.1) is 6.42 Å². The van der Waals surface area contributed by atoms with E-state index in [0.717, 1.165) is 0 Å². The fourth-order valence-corrected chi connectivity index (χ4v) is 1.91. The molecule has 0 amide bonds. The van der Waals surface area contributed by atoms with Gasteiger partial charge in [-0.2, -0.15) is 4.31 Å². The summed E-state index contributed by atoms with van der Waals surface area (Å²) in [4.78, 5) is 0. The van der Waals surface area contributed by atoms with E-state index >= 15 is 0 Å². The molecule has 0 aliphatic rings. The smallest absolute Gasteiger partial charge is 0.214 e. The molecular weight excluding hydrogens is 188 g/mol. The standard InChI is InChI=1S/C8H16N2O2S/c1-4-7-10(3)13(11,12)8-5-6-9-2/h1,9H,5-8H2,2-3H3. The van der Waals surface area contributed by atoms with Crippen molar-refractivity contribution in [3.63, 3.8) is 0 Å². The Balaban J connectivity index is 4.01. The molecule has 0 radical (unpaired) electrons. The fourth-order valence-electron chi connectivity index (χ4n) is 0.814. The molecule has 0 bridgehead atoms. The third-order valence-corrected chi connectivity index (χ3v) is 3.50. The van der Waals surface area contributed by atoms with Gasteiger partial charge in [-0.1, -0.05) is 5.92 Å². The van der Waals surface area contributed by atoms with Crippen molar-refractivity contribution >= 4 is 10.0 Å². The molecule has 0 aromatic rings. The molecule has 0 rings (SSSR count). The van der Waals surface area contributed by atoms with Gasteiger partial charge in [-0.3, -0.25) is 0 Å². The van der Waals surface area contributed by atoms with Gasteiger partial charge in [0.15, 0.2) is 0 Å². The molecule has 4 nitrogen and oxygen atoms in total. The van der Waals surface area contributed by atoms with Gasteiger partial charge >= 0.3 is 0 Å². The summed E-state index contributed by atoms with van der Waals surface area (Å²) in [5.41, 5.74) is 0. The van der Waals surface area contributed by atoms with E-state index in [0.29, 0.717) is 13.0 Å². The highest BCUT2D eigenvalue weighted by molar-refractivity contribution is 7.89. The van der Waals surface area contributed by atoms with Gasteiger partial charge in [0, 0.05) is 7.05 Å². The van der Waals surface area contributed by atoms with Gasteiger partial charge in [-0.25, -0.2) is 8.42 Å². The first-order chi connectivity index (χ1) is 6.04. The molecule has 0 saturated heterocycles. The first kappa shape index (κ1) is 12.4. The first-order valence-electron chi connectivity index (χ1n) is 4.06. The van der Waals surface area contributed by atoms with Gasteiger partial charge in [-0.05, 0) is 20.0 Å². The molecule has 0 fully saturated rings. The summed E-state index contributed by atoms with van der Waals surface area (Å²) < 4.78 is 24.0. The summed E-state index contributed by atoms with van der Waals surface area (Å²) in [6, 6.07) is 0. The van der Waals surface area contributed by atoms with Crippen LogP contribution in [0, 0.1) is 12.3 Å². The minimum Gasteiger partial charge on any atom is -0.320 e. The van der Waals surface area contributed by atoms with E-state index in [1.165, 1.54) is 11.4 Å². The van der Waals surface area contributed by atoms with Gasteiger partial charge in [0.25, 0.3) is 0 Å². The van der Waals surface area contributed by atoms with Gasteiger partial charge in [0.05, 0.1) is 12.3 Å². The normalized spacial score (nSPS) is 11.5. The number of hydrogen-bond donors (Lipinski definition) is 1. The van der Waals surface area contributed by atoms with Crippen LogP contribution >= 0.6 is 0 Å². The van der Waals surface area contributed by atoms with Gasteiger partial charge < -0.3 is 5.32 Å². The van der Waals surface area contributed by atoms with E-state index in [4.69, 9.17) is 6.42 Å². The lowest BCUT2D eigenvalue weighted by Gasteiger charge is -2.13. The summed E-state index contributed by atoms with van der Waals surface area (Å²) >= 11 is 0. The second-order valence-electron chi connectivity index (χ2n) is 2.73. The van der Waals surface area contributed by atoms with Crippen LogP contribution in [0.4, 0.5) is 0 Å². The van der Waals surface area contributed by atoms with Gasteiger partial charge in [0.2, 0.25) is 10.0 Å². The highest BCUT2D eigenvalue weighted by Gasteiger charge is 2.15. The lowest BCUT2D eigenvalue weighted by atomic mass is 10.5. The van der Waals surface area contributed by atoms with Crippen molar-refractivity contribution in [2.45, 2.75) is 6.42 Å². The molecule has 13 heavy (non-hydrogen) atoms. The van der Waals surface area contributed by atoms with Crippen LogP contribution in [0.25, 0.3) is 0 Å². The zero-order valence-corrected chi connectivity index (χ0v) is 8.89. The molecule has 0 aliphatic carbocycles. The molecule has 0 aromatic heterocycles. The van der Waals surface area contributed by atoms with E-state index in [9.17, 15) is 8.42 Å². The predicted octanol–water partition coefficient (Wildman–Crippen LogP) is -0.509. The fraction of sp³-hybridized carbons (Fsp3) is 0.750. The van der Waals surface area contributed by atoms with Crippen molar-refractivity contribution in [1.29, 1.82) is 0 Å². The first-order valence-corrected chi connectivity index (χ1v) is 5.67. The monoisotopic (exact) mass is 204 g/mol. The SMILES string of the molecule is C#CCN(C)S(=O)(=O)CCCNC. The molecule has 0 aliphatic heterocycles. The second-order valence-corrected chi connectivity index (χ2v) is 4.93. The van der Waals surface area contributed by atoms with E-state index in [2.05, 4.69) is 11.2 Å². The maximum atomic E-state index is 11.4. The van der Waals surface area contributed by atoms with Crippen LogP contribution in [-0.4, -0.2) is 45.7 Å². The van der Waals surface area contributed by atoms with Crippen LogP contribution in [0.1, 0.15) is 6.42 Å². The summed E-state index contributed by atoms with van der Waals surface area (Å²) in [6.45, 7) is 0.838. The van der Waals surface area contributed by atoms with Crippen LogP contribution < -0.4 is 5.32 Å². The summed E-state index contributed by atoms with van der Waals surface area (Å²) in [6.07, 6.45) is 5.62. The molecule has 0 unspecified atom stereocenters. The molecule has 0 saturated carbocycles. The van der Waals surface area contributed by atoms with Crippen LogP contribution in [-0.2, 0) is 10.0 Å². The highest BCUT2D eigenvalue weighted by atomic mass is 32.2. The number of nitrogens with one attached hydrogen (secondary N) is 1. The molecule has 5 heteroatoms. The lowest BCUT2D eigenvalue weighted by molar-refractivity contribution is 0.500. The van der Waals surface area contributed by atoms with Crippen molar-refractivity contribution in [2.75, 3.05) is 32.9 Å². The average Bonchev–Trinajstić information content (AvgIpc) is 2.05. The minimum absolute atomic E-state index is 0.141. The van der Waals surface area contributed by atoms with E-state index in [1.807, 2.05) is 0 Å². The number of sulfonamides is 1. The minimum atomic E-state index is -3.14. The van der Waals surface area contributed by atoms with E-state index < -0.39 is 10.0 Å². The molecule has 76 valence electrons. The molecule has 0 spiro atoms. The number of rotatable bonds is 6. The summed E-state index contributed by atoms with van der Waals surface area (Å²) in [5.74, 6) is 2.44. The van der Waals surface area contributed by atoms with Crippen molar-refractivity contribution in [1.82, 2.24) is 9.62 Å². The maximum Gasteiger partial charge on any atom is 0.214 e. The third kappa shape index (κ3) is 4.88. The molecule has 0 aromatic carbocycles. The summed E-state index contributed by atoms with van der Waals surface area (Å²) in [7, 11) is 0.140. The van der Waals surface area contributed by atoms with Crippen LogP contribution in [0.2, 0.25) is 0 Å². The second kappa shape index (κ2) is 5.97. The Kier molecular flexibility index (Phi) is 5.71. The molecular formula is C8H16N2O2S. The zero-order valence-electron chi connectivity index (χ0n) is 8.08. The Labute approximate surface area is 80.4 Å². The topological polar surface area (TPSA) is 49.4 Å². The van der Waals surface area contributed by atoms with Gasteiger partial charge in [0.1, 0.15) is 0 Å². The van der Waals surface area contributed by atoms with Crippen molar-refractivity contribution in [2.24, 2.45) is 0 Å². The predicted molar refractivity (Wildman–Crippen MR) is 53.8 cm³/mol.